The summed E-state index contributed by atoms with van der Waals surface area (Å²) in [4.78, 5) is 48.3. The van der Waals surface area contributed by atoms with E-state index in [4.69, 9.17) is 14.0 Å². The Morgan fingerprint density at radius 2 is 1.80 bits per heavy atom. The number of anilines is 3. The summed E-state index contributed by atoms with van der Waals surface area (Å²) >= 11 is 0. The first-order chi connectivity index (χ1) is 23.9. The Kier molecular flexibility index (Phi) is 7.76. The van der Waals surface area contributed by atoms with E-state index in [1.165, 1.54) is 6.33 Å². The number of halogens is 3. The van der Waals surface area contributed by atoms with Crippen LogP contribution in [0, 0.1) is 0 Å². The minimum absolute atomic E-state index is 0.0946. The first-order valence-corrected chi connectivity index (χ1v) is 16.5. The van der Waals surface area contributed by atoms with Crippen molar-refractivity contribution in [1.82, 2.24) is 19.7 Å². The van der Waals surface area contributed by atoms with Gasteiger partial charge >= 0.3 is 24.4 Å². The van der Waals surface area contributed by atoms with Crippen LogP contribution in [0.5, 0.6) is 5.75 Å². The minimum atomic E-state index is -4.50. The Bertz CT molecular complexity index is 2070. The van der Waals surface area contributed by atoms with Gasteiger partial charge in [0.2, 0.25) is 0 Å². The molecule has 0 atom stereocenters. The number of carboxylic acid groups (broad SMARTS) is 1. The lowest BCUT2D eigenvalue weighted by atomic mass is 9.92. The number of imide groups is 1. The van der Waals surface area contributed by atoms with Crippen LogP contribution in [0.25, 0.3) is 22.2 Å². The Labute approximate surface area is 289 Å². The van der Waals surface area contributed by atoms with Gasteiger partial charge in [-0.1, -0.05) is 11.2 Å². The normalized spacial score (nSPS) is 17.6. The number of nitrogens with zero attached hydrogens (tertiary/aromatic N) is 5. The lowest BCUT2D eigenvalue weighted by Crippen LogP contribution is -2.40. The number of carbonyl (C=O) groups is 3. The molecule has 3 aromatic heterocycles. The molecule has 270 valence electrons. The van der Waals surface area contributed by atoms with Gasteiger partial charge in [-0.25, -0.2) is 24.4 Å². The number of amides is 4. The highest BCUT2D eigenvalue weighted by Crippen LogP contribution is 2.59. The van der Waals surface area contributed by atoms with E-state index in [0.717, 1.165) is 25.3 Å². The van der Waals surface area contributed by atoms with Crippen LogP contribution in [-0.4, -0.2) is 60.4 Å². The van der Waals surface area contributed by atoms with Crippen LogP contribution in [0.4, 0.5) is 44.9 Å². The first kappa shape index (κ1) is 34.1. The van der Waals surface area contributed by atoms with Crippen molar-refractivity contribution < 1.29 is 46.7 Å². The van der Waals surface area contributed by atoms with Crippen molar-refractivity contribution in [2.24, 2.45) is 0 Å². The van der Waals surface area contributed by atoms with E-state index in [1.54, 1.807) is 32.9 Å². The van der Waals surface area contributed by atoms with Gasteiger partial charge < -0.3 is 29.0 Å². The van der Waals surface area contributed by atoms with E-state index >= 15 is 0 Å². The smallest absolute Gasteiger partial charge is 0.425 e. The highest BCUT2D eigenvalue weighted by molar-refractivity contribution is 6.15. The van der Waals surface area contributed by atoms with Gasteiger partial charge in [-0.3, -0.25) is 5.32 Å². The van der Waals surface area contributed by atoms with Crippen LogP contribution in [-0.2, 0) is 16.6 Å². The number of benzene rings is 1. The molecule has 7 rings (SSSR count). The second-order valence-corrected chi connectivity index (χ2v) is 14.8. The molecular formula is C34H36F3N7O7. The first-order valence-electron chi connectivity index (χ1n) is 16.5. The number of ether oxygens (including phenoxy) is 2. The predicted octanol–water partition coefficient (Wildman–Crippen LogP) is 8.18. The SMILES string of the molecule is CC(C)(C)OC(=O)N(C(=O)O)c1ncnc2c1c(-c1ccc(NC(=O)Nc3cc(C4(C(F)(F)F)CC4)on3)c3c1CC(C)(C)O3)cn2C1CCC1. The third-order valence-electron chi connectivity index (χ3n) is 9.33. The second kappa shape index (κ2) is 11.6. The Hall–Kier alpha value is -5.35. The zero-order valence-electron chi connectivity index (χ0n) is 28.5. The molecule has 0 saturated heterocycles. The summed E-state index contributed by atoms with van der Waals surface area (Å²) < 4.78 is 59.4. The third kappa shape index (κ3) is 6.07. The van der Waals surface area contributed by atoms with Crippen LogP contribution < -0.4 is 20.3 Å². The van der Waals surface area contributed by atoms with E-state index in [0.29, 0.717) is 44.8 Å². The molecule has 0 bridgehead atoms. The standard InChI is InChI=1S/C34H36F3N7O7/c1-31(2,3)50-30(48)44(29(46)47)27-24-20(15-43(17-7-6-8-17)26(24)38-16-39-27)18-9-10-21(25-19(18)14-32(4,5)49-25)40-28(45)41-23-13-22(51-42-23)33(11-12-33)34(35,36)37/h9-10,13,15-17H,6-8,11-12,14H2,1-5H3,(H,46,47)(H2,40,41,42,45). The number of hydrogen-bond acceptors (Lipinski definition) is 9. The van der Waals surface area contributed by atoms with Crippen molar-refractivity contribution in [2.45, 2.75) is 102 Å². The van der Waals surface area contributed by atoms with E-state index < -0.39 is 41.0 Å². The molecule has 14 nitrogen and oxygen atoms in total. The Morgan fingerprint density at radius 1 is 1.08 bits per heavy atom. The number of nitrogens with one attached hydrogen (secondary N) is 2. The summed E-state index contributed by atoms with van der Waals surface area (Å²) in [5, 5.41) is 19.3. The average Bonchev–Trinajstić information content (AvgIpc) is 3.38. The largest absolute Gasteiger partial charge is 0.485 e. The molecule has 4 amide bonds. The average molecular weight is 712 g/mol. The molecule has 51 heavy (non-hydrogen) atoms. The quantitative estimate of drug-likeness (QED) is 0.177. The Balaban J connectivity index is 1.27. The topological polar surface area (TPSA) is 174 Å². The van der Waals surface area contributed by atoms with Crippen LogP contribution >= 0.6 is 0 Å². The zero-order valence-corrected chi connectivity index (χ0v) is 28.5. The minimum Gasteiger partial charge on any atom is -0.485 e. The van der Waals surface area contributed by atoms with Crippen molar-refractivity contribution in [1.29, 1.82) is 0 Å². The van der Waals surface area contributed by atoms with Crippen LogP contribution in [0.15, 0.2) is 35.2 Å². The van der Waals surface area contributed by atoms with Gasteiger partial charge in [0, 0.05) is 35.9 Å². The Morgan fingerprint density at radius 3 is 2.41 bits per heavy atom. The second-order valence-electron chi connectivity index (χ2n) is 14.8. The van der Waals surface area contributed by atoms with Gasteiger partial charge in [-0.2, -0.15) is 18.1 Å². The zero-order chi connectivity index (χ0) is 36.7. The molecular weight excluding hydrogens is 675 g/mol. The fourth-order valence-corrected chi connectivity index (χ4v) is 6.58. The molecule has 3 aliphatic rings. The molecule has 2 fully saturated rings. The van der Waals surface area contributed by atoms with Gasteiger partial charge in [0.05, 0.1) is 11.1 Å². The van der Waals surface area contributed by atoms with E-state index in [1.807, 2.05) is 24.6 Å². The number of rotatable bonds is 6. The maximum Gasteiger partial charge on any atom is 0.425 e. The maximum atomic E-state index is 13.6. The molecule has 4 heterocycles. The summed E-state index contributed by atoms with van der Waals surface area (Å²) in [6, 6.07) is 3.72. The fourth-order valence-electron chi connectivity index (χ4n) is 6.58. The van der Waals surface area contributed by atoms with Crippen molar-refractivity contribution in [3.05, 3.63) is 42.0 Å². The number of urea groups is 1. The highest BCUT2D eigenvalue weighted by Gasteiger charge is 2.67. The maximum absolute atomic E-state index is 13.6. The number of carbonyl (C=O) groups excluding carboxylic acids is 2. The van der Waals surface area contributed by atoms with Crippen molar-refractivity contribution >= 4 is 46.6 Å². The summed E-state index contributed by atoms with van der Waals surface area (Å²) in [7, 11) is 0. The van der Waals surface area contributed by atoms with E-state index in [9.17, 15) is 32.7 Å². The monoisotopic (exact) mass is 711 g/mol. The highest BCUT2D eigenvalue weighted by atomic mass is 19.4. The molecule has 1 aliphatic heterocycles. The summed E-state index contributed by atoms with van der Waals surface area (Å²) in [5.74, 6) is -0.378. The van der Waals surface area contributed by atoms with Gasteiger partial charge in [0.25, 0.3) is 0 Å². The number of aromatic nitrogens is 4. The molecule has 0 radical (unpaired) electrons. The lowest BCUT2D eigenvalue weighted by Gasteiger charge is -2.27. The van der Waals surface area contributed by atoms with Crippen molar-refractivity contribution in [3.63, 3.8) is 0 Å². The van der Waals surface area contributed by atoms with Gasteiger partial charge in [0.15, 0.2) is 17.4 Å². The molecule has 0 unspecified atom stereocenters. The number of hydrogen-bond donors (Lipinski definition) is 3. The number of fused-ring (bicyclic) bond motifs is 2. The lowest BCUT2D eigenvalue weighted by molar-refractivity contribution is -0.165. The molecule has 4 aromatic rings. The number of alkyl halides is 3. The summed E-state index contributed by atoms with van der Waals surface area (Å²) in [5.41, 5.74) is -1.23. The van der Waals surface area contributed by atoms with Gasteiger partial charge in [0.1, 0.15) is 34.3 Å². The molecule has 17 heteroatoms. The summed E-state index contributed by atoms with van der Waals surface area (Å²) in [6.45, 7) is 8.61. The molecule has 1 aromatic carbocycles. The van der Waals surface area contributed by atoms with Crippen LogP contribution in [0.3, 0.4) is 0 Å². The van der Waals surface area contributed by atoms with Crippen molar-refractivity contribution in [2.75, 3.05) is 15.5 Å². The molecule has 0 spiro atoms. The predicted molar refractivity (Wildman–Crippen MR) is 177 cm³/mol. The third-order valence-corrected chi connectivity index (χ3v) is 9.33. The summed E-state index contributed by atoms with van der Waals surface area (Å²) in [6.07, 6.45) is -1.21. The molecule has 2 saturated carbocycles. The van der Waals surface area contributed by atoms with E-state index in [-0.39, 0.29) is 42.0 Å². The van der Waals surface area contributed by atoms with Crippen molar-refractivity contribution in [3.8, 4) is 16.9 Å². The van der Waals surface area contributed by atoms with Crippen LogP contribution in [0.2, 0.25) is 0 Å². The fraction of sp³-hybridized carbons (Fsp3) is 0.471. The molecule has 2 aliphatic carbocycles. The van der Waals surface area contributed by atoms with Crippen LogP contribution in [0.1, 0.15) is 84.1 Å². The van der Waals surface area contributed by atoms with Gasteiger partial charge in [-0.05, 0) is 78.4 Å². The molecule has 3 N–H and O–H groups in total. The van der Waals surface area contributed by atoms with E-state index in [2.05, 4.69) is 25.8 Å². The van der Waals surface area contributed by atoms with Gasteiger partial charge in [-0.15, -0.1) is 0 Å².